The number of aromatic hydroxyl groups is 1. The quantitative estimate of drug-likeness (QED) is 0.774. The maximum absolute atomic E-state index is 10.4. The van der Waals surface area contributed by atoms with Gasteiger partial charge in [0.1, 0.15) is 5.75 Å². The molecule has 0 unspecified atom stereocenters. The van der Waals surface area contributed by atoms with Crippen LogP contribution in [0.5, 0.6) is 17.4 Å². The molecule has 0 fully saturated rings. The first-order valence-corrected chi connectivity index (χ1v) is 7.35. The van der Waals surface area contributed by atoms with Gasteiger partial charge in [0.05, 0.1) is 11.9 Å². The Kier molecular flexibility index (Phi) is 3.55. The van der Waals surface area contributed by atoms with Crippen LogP contribution >= 0.6 is 15.9 Å². The van der Waals surface area contributed by atoms with Gasteiger partial charge in [-0.3, -0.25) is 0 Å². The van der Waals surface area contributed by atoms with E-state index >= 15 is 0 Å². The molecular weight excluding hydrogens is 334 g/mol. The van der Waals surface area contributed by atoms with Crippen LogP contribution in [0, 0.1) is 0 Å². The highest BCUT2D eigenvalue weighted by molar-refractivity contribution is 9.10. The minimum atomic E-state index is -0.0448. The predicted molar refractivity (Wildman–Crippen MR) is 83.0 cm³/mol. The number of benzene rings is 1. The van der Waals surface area contributed by atoms with E-state index in [9.17, 15) is 5.11 Å². The van der Waals surface area contributed by atoms with Crippen molar-refractivity contribution in [2.24, 2.45) is 0 Å². The SMILES string of the molecule is CC(C)c1nc2ccnn2c(O)c1Oc1ccc(Br)cc1. The van der Waals surface area contributed by atoms with Gasteiger partial charge in [-0.1, -0.05) is 29.8 Å². The molecule has 1 N–H and O–H groups in total. The van der Waals surface area contributed by atoms with Crippen molar-refractivity contribution in [3.05, 3.63) is 46.7 Å². The molecule has 1 aromatic carbocycles. The summed E-state index contributed by atoms with van der Waals surface area (Å²) in [5.41, 5.74) is 1.29. The van der Waals surface area contributed by atoms with Crippen LogP contribution in [0.2, 0.25) is 0 Å². The molecule has 0 saturated carbocycles. The molecule has 0 amide bonds. The van der Waals surface area contributed by atoms with Crippen LogP contribution in [0.25, 0.3) is 5.65 Å². The maximum atomic E-state index is 10.4. The van der Waals surface area contributed by atoms with Gasteiger partial charge in [0, 0.05) is 10.5 Å². The van der Waals surface area contributed by atoms with Crippen molar-refractivity contribution in [3.63, 3.8) is 0 Å². The van der Waals surface area contributed by atoms with Gasteiger partial charge in [-0.15, -0.1) is 0 Å². The summed E-state index contributed by atoms with van der Waals surface area (Å²) >= 11 is 3.38. The fourth-order valence-electron chi connectivity index (χ4n) is 2.04. The zero-order chi connectivity index (χ0) is 15.0. The van der Waals surface area contributed by atoms with Gasteiger partial charge in [-0.05, 0) is 30.2 Å². The molecule has 0 radical (unpaired) electrons. The van der Waals surface area contributed by atoms with Crippen molar-refractivity contribution in [2.75, 3.05) is 0 Å². The first-order valence-electron chi connectivity index (χ1n) is 6.56. The van der Waals surface area contributed by atoms with Crippen LogP contribution in [0.15, 0.2) is 41.0 Å². The highest BCUT2D eigenvalue weighted by atomic mass is 79.9. The van der Waals surface area contributed by atoms with Gasteiger partial charge >= 0.3 is 0 Å². The fraction of sp³-hybridized carbons (Fsp3) is 0.200. The third-order valence-corrected chi connectivity index (χ3v) is 3.60. The molecule has 2 heterocycles. The molecule has 6 heteroatoms. The number of halogens is 1. The summed E-state index contributed by atoms with van der Waals surface area (Å²) < 4.78 is 8.16. The van der Waals surface area contributed by atoms with Crippen molar-refractivity contribution < 1.29 is 9.84 Å². The zero-order valence-electron chi connectivity index (χ0n) is 11.6. The van der Waals surface area contributed by atoms with E-state index in [2.05, 4.69) is 26.0 Å². The molecule has 108 valence electrons. The molecule has 3 aromatic rings. The zero-order valence-corrected chi connectivity index (χ0v) is 13.2. The van der Waals surface area contributed by atoms with Crippen molar-refractivity contribution >= 4 is 21.6 Å². The first-order chi connectivity index (χ1) is 10.1. The van der Waals surface area contributed by atoms with E-state index in [1.165, 1.54) is 4.52 Å². The third kappa shape index (κ3) is 2.58. The first kappa shape index (κ1) is 13.9. The van der Waals surface area contributed by atoms with E-state index in [4.69, 9.17) is 4.74 Å². The number of hydrogen-bond acceptors (Lipinski definition) is 4. The Balaban J connectivity index is 2.12. The summed E-state index contributed by atoms with van der Waals surface area (Å²) in [6, 6.07) is 9.14. The molecule has 2 aromatic heterocycles. The van der Waals surface area contributed by atoms with Crippen LogP contribution in [0.4, 0.5) is 0 Å². The lowest BCUT2D eigenvalue weighted by molar-refractivity contribution is 0.376. The van der Waals surface area contributed by atoms with Crippen LogP contribution < -0.4 is 4.74 Å². The number of hydrogen-bond donors (Lipinski definition) is 1. The average Bonchev–Trinajstić information content (AvgIpc) is 2.92. The molecule has 0 saturated heterocycles. The number of ether oxygens (including phenoxy) is 1. The lowest BCUT2D eigenvalue weighted by atomic mass is 10.1. The molecule has 0 spiro atoms. The highest BCUT2D eigenvalue weighted by Crippen LogP contribution is 2.37. The summed E-state index contributed by atoms with van der Waals surface area (Å²) in [4.78, 5) is 4.52. The highest BCUT2D eigenvalue weighted by Gasteiger charge is 2.19. The largest absolute Gasteiger partial charge is 0.490 e. The summed E-state index contributed by atoms with van der Waals surface area (Å²) in [7, 11) is 0. The average molecular weight is 348 g/mol. The summed E-state index contributed by atoms with van der Waals surface area (Å²) in [5, 5.41) is 14.5. The van der Waals surface area contributed by atoms with Crippen molar-refractivity contribution in [2.45, 2.75) is 19.8 Å². The van der Waals surface area contributed by atoms with E-state index in [1.54, 1.807) is 12.3 Å². The summed E-state index contributed by atoms with van der Waals surface area (Å²) in [5.74, 6) is 1.03. The van der Waals surface area contributed by atoms with Gasteiger partial charge in [-0.25, -0.2) is 4.98 Å². The van der Waals surface area contributed by atoms with Gasteiger partial charge < -0.3 is 9.84 Å². The number of aromatic nitrogens is 3. The Labute approximate surface area is 130 Å². The van der Waals surface area contributed by atoms with E-state index in [1.807, 2.05) is 38.1 Å². The second kappa shape index (κ2) is 5.37. The smallest absolute Gasteiger partial charge is 0.260 e. The summed E-state index contributed by atoms with van der Waals surface area (Å²) in [6.07, 6.45) is 1.59. The third-order valence-electron chi connectivity index (χ3n) is 3.07. The number of nitrogens with zero attached hydrogens (tertiary/aromatic N) is 3. The Morgan fingerprint density at radius 3 is 2.57 bits per heavy atom. The minimum absolute atomic E-state index is 0.0448. The fourth-order valence-corrected chi connectivity index (χ4v) is 2.30. The second-order valence-electron chi connectivity index (χ2n) is 4.96. The Bertz CT molecular complexity index is 781. The lowest BCUT2D eigenvalue weighted by Gasteiger charge is -2.15. The van der Waals surface area contributed by atoms with Crippen molar-refractivity contribution in [3.8, 4) is 17.4 Å². The molecule has 0 aliphatic rings. The normalized spacial score (nSPS) is 11.2. The Hall–Kier alpha value is -2.08. The summed E-state index contributed by atoms with van der Waals surface area (Å²) in [6.45, 7) is 4.01. The van der Waals surface area contributed by atoms with Gasteiger partial charge in [0.15, 0.2) is 5.65 Å². The van der Waals surface area contributed by atoms with Crippen molar-refractivity contribution in [1.82, 2.24) is 14.6 Å². The molecule has 0 aliphatic heterocycles. The van der Waals surface area contributed by atoms with Crippen LogP contribution in [0.1, 0.15) is 25.5 Å². The monoisotopic (exact) mass is 347 g/mol. The number of rotatable bonds is 3. The van der Waals surface area contributed by atoms with Crippen LogP contribution in [-0.4, -0.2) is 19.7 Å². The van der Waals surface area contributed by atoms with Gasteiger partial charge in [0.2, 0.25) is 5.75 Å². The molecule has 5 nitrogen and oxygen atoms in total. The van der Waals surface area contributed by atoms with E-state index < -0.39 is 0 Å². The second-order valence-corrected chi connectivity index (χ2v) is 5.88. The lowest BCUT2D eigenvalue weighted by Crippen LogP contribution is -2.03. The maximum Gasteiger partial charge on any atom is 0.260 e. The molecule has 0 bridgehead atoms. The van der Waals surface area contributed by atoms with E-state index in [0.29, 0.717) is 22.8 Å². The number of fused-ring (bicyclic) bond motifs is 1. The molecule has 0 aliphatic carbocycles. The standard InChI is InChI=1S/C15H14BrN3O2/c1-9(2)13-14(21-11-5-3-10(16)4-6-11)15(20)19-12(18-13)7-8-17-19/h3-9,20H,1-2H3. The molecular formula is C15H14BrN3O2. The molecule has 3 rings (SSSR count). The molecule has 21 heavy (non-hydrogen) atoms. The minimum Gasteiger partial charge on any atom is -0.490 e. The van der Waals surface area contributed by atoms with Crippen molar-refractivity contribution in [1.29, 1.82) is 0 Å². The predicted octanol–water partition coefficient (Wildman–Crippen LogP) is 4.11. The molecule has 0 atom stereocenters. The Morgan fingerprint density at radius 2 is 1.90 bits per heavy atom. The van der Waals surface area contributed by atoms with Crippen LogP contribution in [0.3, 0.4) is 0 Å². The topological polar surface area (TPSA) is 59.7 Å². The van der Waals surface area contributed by atoms with E-state index in [0.717, 1.165) is 4.47 Å². The van der Waals surface area contributed by atoms with Crippen LogP contribution in [-0.2, 0) is 0 Å². The van der Waals surface area contributed by atoms with Gasteiger partial charge in [-0.2, -0.15) is 9.61 Å². The van der Waals surface area contributed by atoms with Gasteiger partial charge in [0.25, 0.3) is 5.88 Å². The van der Waals surface area contributed by atoms with E-state index in [-0.39, 0.29) is 11.8 Å². The Morgan fingerprint density at radius 1 is 1.19 bits per heavy atom.